The van der Waals surface area contributed by atoms with E-state index in [4.69, 9.17) is 27.7 Å². The van der Waals surface area contributed by atoms with Crippen molar-refractivity contribution in [1.29, 1.82) is 0 Å². The predicted octanol–water partition coefficient (Wildman–Crippen LogP) is 5.76. The van der Waals surface area contributed by atoms with Gasteiger partial charge in [-0.2, -0.15) is 4.98 Å². The zero-order valence-electron chi connectivity index (χ0n) is 15.9. The average molecular weight is 431 g/mol. The molecule has 150 valence electrons. The summed E-state index contributed by atoms with van der Waals surface area (Å²) < 4.78 is 5.51. The number of benzene rings is 2. The van der Waals surface area contributed by atoms with Crippen LogP contribution in [0.4, 0.5) is 10.5 Å². The second-order valence-electron chi connectivity index (χ2n) is 7.14. The molecule has 29 heavy (non-hydrogen) atoms. The van der Waals surface area contributed by atoms with E-state index in [-0.39, 0.29) is 11.9 Å². The number of urea groups is 1. The zero-order chi connectivity index (χ0) is 20.4. The number of aryl methyl sites for hydroxylation is 1. The normalized spacial score (nSPS) is 16.7. The second kappa shape index (κ2) is 8.43. The molecule has 1 aromatic heterocycles. The number of carbonyl (C=O) groups is 1. The SMILES string of the molecule is Cc1ccc(-c2noc(C3CCCN(C(=O)Nc4cccc(Cl)c4Cl)C3)n2)cc1. The van der Waals surface area contributed by atoms with Crippen LogP contribution in [-0.2, 0) is 0 Å². The number of nitrogens with zero attached hydrogens (tertiary/aromatic N) is 3. The maximum Gasteiger partial charge on any atom is 0.321 e. The number of amides is 2. The molecular weight excluding hydrogens is 411 g/mol. The van der Waals surface area contributed by atoms with Crippen molar-refractivity contribution in [3.8, 4) is 11.4 Å². The first-order chi connectivity index (χ1) is 14.0. The summed E-state index contributed by atoms with van der Waals surface area (Å²) in [6, 6.07) is 12.9. The van der Waals surface area contributed by atoms with Gasteiger partial charge in [-0.25, -0.2) is 4.79 Å². The topological polar surface area (TPSA) is 71.3 Å². The third-order valence-corrected chi connectivity index (χ3v) is 5.82. The van der Waals surface area contributed by atoms with Gasteiger partial charge in [0.2, 0.25) is 11.7 Å². The van der Waals surface area contributed by atoms with Crippen molar-refractivity contribution in [3.63, 3.8) is 0 Å². The predicted molar refractivity (Wildman–Crippen MR) is 113 cm³/mol. The summed E-state index contributed by atoms with van der Waals surface area (Å²) in [4.78, 5) is 19.0. The summed E-state index contributed by atoms with van der Waals surface area (Å²) in [5, 5.41) is 7.67. The number of rotatable bonds is 3. The largest absolute Gasteiger partial charge is 0.339 e. The van der Waals surface area contributed by atoms with E-state index in [2.05, 4.69) is 15.5 Å². The molecule has 2 amide bonds. The lowest BCUT2D eigenvalue weighted by Crippen LogP contribution is -2.41. The van der Waals surface area contributed by atoms with Gasteiger partial charge in [-0.1, -0.05) is 64.3 Å². The monoisotopic (exact) mass is 430 g/mol. The number of halogens is 2. The molecule has 0 saturated carbocycles. The van der Waals surface area contributed by atoms with Crippen molar-refractivity contribution >= 4 is 34.9 Å². The Morgan fingerprint density at radius 3 is 2.79 bits per heavy atom. The van der Waals surface area contributed by atoms with Gasteiger partial charge in [-0.15, -0.1) is 0 Å². The number of anilines is 1. The summed E-state index contributed by atoms with van der Waals surface area (Å²) in [5.74, 6) is 1.11. The quantitative estimate of drug-likeness (QED) is 0.572. The molecule has 0 spiro atoms. The molecule has 1 unspecified atom stereocenters. The molecule has 1 N–H and O–H groups in total. The third-order valence-electron chi connectivity index (χ3n) is 5.00. The Morgan fingerprint density at radius 2 is 2.00 bits per heavy atom. The number of hydrogen-bond acceptors (Lipinski definition) is 4. The van der Waals surface area contributed by atoms with Crippen molar-refractivity contribution in [2.24, 2.45) is 0 Å². The first kappa shape index (κ1) is 19.7. The molecule has 1 fully saturated rings. The molecule has 6 nitrogen and oxygen atoms in total. The highest BCUT2D eigenvalue weighted by Crippen LogP contribution is 2.31. The van der Waals surface area contributed by atoms with E-state index in [0.717, 1.165) is 18.4 Å². The summed E-state index contributed by atoms with van der Waals surface area (Å²) in [7, 11) is 0. The van der Waals surface area contributed by atoms with Gasteiger partial charge in [0.15, 0.2) is 0 Å². The van der Waals surface area contributed by atoms with Gasteiger partial charge in [0.1, 0.15) is 0 Å². The lowest BCUT2D eigenvalue weighted by Gasteiger charge is -2.31. The third kappa shape index (κ3) is 4.38. The van der Waals surface area contributed by atoms with Crippen LogP contribution in [0.25, 0.3) is 11.4 Å². The van der Waals surface area contributed by atoms with Gasteiger partial charge < -0.3 is 14.7 Å². The Balaban J connectivity index is 1.45. The molecule has 1 aliphatic heterocycles. The van der Waals surface area contributed by atoms with Gasteiger partial charge in [-0.05, 0) is 31.9 Å². The Labute approximate surface area is 178 Å². The van der Waals surface area contributed by atoms with E-state index in [1.54, 1.807) is 23.1 Å². The molecule has 0 radical (unpaired) electrons. The number of piperidine rings is 1. The average Bonchev–Trinajstić information content (AvgIpc) is 3.22. The summed E-state index contributed by atoms with van der Waals surface area (Å²) in [6.45, 7) is 3.18. The van der Waals surface area contributed by atoms with Crippen LogP contribution in [0.5, 0.6) is 0 Å². The summed E-state index contributed by atoms with van der Waals surface area (Å²) in [5.41, 5.74) is 2.57. The van der Waals surface area contributed by atoms with Crippen LogP contribution in [-0.4, -0.2) is 34.2 Å². The Kier molecular flexibility index (Phi) is 5.74. The van der Waals surface area contributed by atoms with E-state index in [1.807, 2.05) is 31.2 Å². The van der Waals surface area contributed by atoms with Crippen LogP contribution in [0.1, 0.15) is 30.2 Å². The fourth-order valence-electron chi connectivity index (χ4n) is 3.38. The van der Waals surface area contributed by atoms with Gasteiger partial charge in [-0.3, -0.25) is 0 Å². The van der Waals surface area contributed by atoms with Crippen molar-refractivity contribution in [2.45, 2.75) is 25.7 Å². The standard InChI is InChI=1S/C21H20Cl2N4O2/c1-13-7-9-14(10-8-13)19-25-20(29-26-19)15-4-3-11-27(12-15)21(28)24-17-6-2-5-16(22)18(17)23/h2,5-10,15H,3-4,11-12H2,1H3,(H,24,28). The molecule has 4 rings (SSSR count). The van der Waals surface area contributed by atoms with Crippen LogP contribution in [0.3, 0.4) is 0 Å². The van der Waals surface area contributed by atoms with Gasteiger partial charge in [0.25, 0.3) is 0 Å². The summed E-state index contributed by atoms with van der Waals surface area (Å²) in [6.07, 6.45) is 1.74. The minimum atomic E-state index is -0.225. The smallest absolute Gasteiger partial charge is 0.321 e. The van der Waals surface area contributed by atoms with Gasteiger partial charge in [0, 0.05) is 18.7 Å². The molecule has 8 heteroatoms. The van der Waals surface area contributed by atoms with Crippen LogP contribution >= 0.6 is 23.2 Å². The molecule has 2 heterocycles. The van der Waals surface area contributed by atoms with E-state index in [0.29, 0.717) is 40.5 Å². The molecule has 3 aromatic rings. The molecule has 0 aliphatic carbocycles. The van der Waals surface area contributed by atoms with Crippen molar-refractivity contribution in [1.82, 2.24) is 15.0 Å². The van der Waals surface area contributed by atoms with Crippen LogP contribution in [0, 0.1) is 6.92 Å². The number of aromatic nitrogens is 2. The van der Waals surface area contributed by atoms with Crippen LogP contribution in [0.15, 0.2) is 47.0 Å². The van der Waals surface area contributed by atoms with Gasteiger partial charge in [0.05, 0.1) is 21.7 Å². The number of likely N-dealkylation sites (tertiary alicyclic amines) is 1. The molecule has 0 bridgehead atoms. The minimum absolute atomic E-state index is 0.00367. The second-order valence-corrected chi connectivity index (χ2v) is 7.92. The highest BCUT2D eigenvalue weighted by Gasteiger charge is 2.29. The van der Waals surface area contributed by atoms with Crippen LogP contribution < -0.4 is 5.32 Å². The van der Waals surface area contributed by atoms with Crippen LogP contribution in [0.2, 0.25) is 10.0 Å². The van der Waals surface area contributed by atoms with E-state index in [9.17, 15) is 4.79 Å². The van der Waals surface area contributed by atoms with Crippen molar-refractivity contribution in [2.75, 3.05) is 18.4 Å². The van der Waals surface area contributed by atoms with Crippen molar-refractivity contribution < 1.29 is 9.32 Å². The fourth-order valence-corrected chi connectivity index (χ4v) is 3.73. The lowest BCUT2D eigenvalue weighted by molar-refractivity contribution is 0.184. The number of hydrogen-bond donors (Lipinski definition) is 1. The molecule has 2 aromatic carbocycles. The molecule has 1 saturated heterocycles. The van der Waals surface area contributed by atoms with E-state index < -0.39 is 0 Å². The van der Waals surface area contributed by atoms with Gasteiger partial charge >= 0.3 is 6.03 Å². The highest BCUT2D eigenvalue weighted by molar-refractivity contribution is 6.43. The number of nitrogens with one attached hydrogen (secondary N) is 1. The number of carbonyl (C=O) groups excluding carboxylic acids is 1. The lowest BCUT2D eigenvalue weighted by atomic mass is 9.98. The maximum absolute atomic E-state index is 12.7. The fraction of sp³-hybridized carbons (Fsp3) is 0.286. The Hall–Kier alpha value is -2.57. The van der Waals surface area contributed by atoms with E-state index >= 15 is 0 Å². The molecular formula is C21H20Cl2N4O2. The van der Waals surface area contributed by atoms with Crippen molar-refractivity contribution in [3.05, 3.63) is 64.0 Å². The zero-order valence-corrected chi connectivity index (χ0v) is 17.4. The first-order valence-electron chi connectivity index (χ1n) is 9.42. The summed E-state index contributed by atoms with van der Waals surface area (Å²) >= 11 is 12.2. The van der Waals surface area contributed by atoms with E-state index in [1.165, 1.54) is 5.56 Å². The Bertz CT molecular complexity index is 1020. The maximum atomic E-state index is 12.7. The Morgan fingerprint density at radius 1 is 1.21 bits per heavy atom. The molecule has 1 atom stereocenters. The minimum Gasteiger partial charge on any atom is -0.339 e. The highest BCUT2D eigenvalue weighted by atomic mass is 35.5. The molecule has 1 aliphatic rings. The first-order valence-corrected chi connectivity index (χ1v) is 10.2.